The van der Waals surface area contributed by atoms with Gasteiger partial charge in [-0.15, -0.1) is 0 Å². The summed E-state index contributed by atoms with van der Waals surface area (Å²) in [6, 6.07) is 8.56. The molecule has 3 heterocycles. The highest BCUT2D eigenvalue weighted by molar-refractivity contribution is 6.07. The van der Waals surface area contributed by atoms with Crippen molar-refractivity contribution >= 4 is 22.8 Å². The Morgan fingerprint density at radius 1 is 1.19 bits per heavy atom. The summed E-state index contributed by atoms with van der Waals surface area (Å²) >= 11 is 0. The van der Waals surface area contributed by atoms with Gasteiger partial charge >= 0.3 is 5.97 Å². The molecular weight excluding hydrogens is 330 g/mol. The molecule has 2 aromatic rings. The molecule has 2 saturated heterocycles. The van der Waals surface area contributed by atoms with Gasteiger partial charge in [0.1, 0.15) is 0 Å². The van der Waals surface area contributed by atoms with Crippen molar-refractivity contribution < 1.29 is 14.7 Å². The number of amides is 1. The van der Waals surface area contributed by atoms with Crippen LogP contribution in [0.2, 0.25) is 0 Å². The van der Waals surface area contributed by atoms with Gasteiger partial charge < -0.3 is 15.0 Å². The lowest BCUT2D eigenvalue weighted by Crippen LogP contribution is -2.58. The highest BCUT2D eigenvalue weighted by Crippen LogP contribution is 2.34. The number of aliphatic carboxylic acids is 1. The molecule has 3 atom stereocenters. The number of nitrogens with one attached hydrogen (secondary N) is 1. The van der Waals surface area contributed by atoms with E-state index in [1.165, 1.54) is 0 Å². The lowest BCUT2D eigenvalue weighted by Gasteiger charge is -2.48. The minimum Gasteiger partial charge on any atom is -0.480 e. The second kappa shape index (κ2) is 6.76. The molecule has 2 N–H and O–H groups in total. The average Bonchev–Trinajstić information content (AvgIpc) is 2.93. The van der Waals surface area contributed by atoms with Gasteiger partial charge in [0.25, 0.3) is 5.91 Å². The first-order valence-corrected chi connectivity index (χ1v) is 9.35. The predicted octanol–water partition coefficient (Wildman–Crippen LogP) is 2.38. The minimum absolute atomic E-state index is 0.0310. The third-order valence-electron chi connectivity index (χ3n) is 5.92. The summed E-state index contributed by atoms with van der Waals surface area (Å²) in [5.74, 6) is -0.795. The Morgan fingerprint density at radius 3 is 2.58 bits per heavy atom. The fourth-order valence-electron chi connectivity index (χ4n) is 4.80. The van der Waals surface area contributed by atoms with Crippen molar-refractivity contribution in [2.45, 2.75) is 50.2 Å². The molecule has 2 aliphatic heterocycles. The molecule has 138 valence electrons. The predicted molar refractivity (Wildman–Crippen MR) is 99.2 cm³/mol. The molecule has 1 unspecified atom stereocenters. The first-order valence-electron chi connectivity index (χ1n) is 9.35. The van der Waals surface area contributed by atoms with Gasteiger partial charge in [-0.1, -0.05) is 24.6 Å². The van der Waals surface area contributed by atoms with Crippen molar-refractivity contribution in [3.8, 4) is 0 Å². The molecule has 2 bridgehead atoms. The molecule has 0 radical (unpaired) electrons. The van der Waals surface area contributed by atoms with Crippen molar-refractivity contribution in [2.24, 2.45) is 7.05 Å². The molecule has 2 aliphatic rings. The number of aromatic nitrogens is 1. The van der Waals surface area contributed by atoms with E-state index in [2.05, 4.69) is 10.2 Å². The fourth-order valence-corrected chi connectivity index (χ4v) is 4.80. The molecule has 1 aromatic heterocycles. The lowest BCUT2D eigenvalue weighted by molar-refractivity contribution is -0.141. The van der Waals surface area contributed by atoms with Crippen LogP contribution in [0.5, 0.6) is 0 Å². The maximum Gasteiger partial charge on any atom is 0.317 e. The number of rotatable bonds is 4. The summed E-state index contributed by atoms with van der Waals surface area (Å²) in [6.07, 6.45) is 6.74. The maximum absolute atomic E-state index is 12.9. The molecule has 4 rings (SSSR count). The first kappa shape index (κ1) is 17.1. The first-order chi connectivity index (χ1) is 12.5. The molecule has 6 nitrogen and oxygen atoms in total. The van der Waals surface area contributed by atoms with Crippen LogP contribution in [-0.4, -0.2) is 51.1 Å². The van der Waals surface area contributed by atoms with E-state index in [0.717, 1.165) is 43.0 Å². The van der Waals surface area contributed by atoms with Gasteiger partial charge in [0.15, 0.2) is 0 Å². The van der Waals surface area contributed by atoms with Crippen LogP contribution < -0.4 is 5.32 Å². The number of nitrogens with zero attached hydrogens (tertiary/aromatic N) is 2. The van der Waals surface area contributed by atoms with Crippen LogP contribution in [0.4, 0.5) is 0 Å². The van der Waals surface area contributed by atoms with Gasteiger partial charge in [-0.25, -0.2) is 0 Å². The van der Waals surface area contributed by atoms with Crippen molar-refractivity contribution in [1.82, 2.24) is 14.8 Å². The molecular formula is C20H25N3O3. The monoisotopic (exact) mass is 355 g/mol. The Balaban J connectivity index is 1.49. The van der Waals surface area contributed by atoms with E-state index in [9.17, 15) is 14.7 Å². The molecule has 0 spiro atoms. The Bertz CT molecular complexity index is 830. The molecule has 1 aromatic carbocycles. The summed E-state index contributed by atoms with van der Waals surface area (Å²) in [5.41, 5.74) is 1.76. The number of benzene rings is 1. The van der Waals surface area contributed by atoms with Gasteiger partial charge in [0.2, 0.25) is 0 Å². The van der Waals surface area contributed by atoms with Crippen molar-refractivity contribution in [3.05, 3.63) is 36.0 Å². The largest absolute Gasteiger partial charge is 0.480 e. The van der Waals surface area contributed by atoms with Crippen LogP contribution in [0.15, 0.2) is 30.5 Å². The summed E-state index contributed by atoms with van der Waals surface area (Å²) in [7, 11) is 1.95. The lowest BCUT2D eigenvalue weighted by atomic mass is 9.81. The Kier molecular flexibility index (Phi) is 4.44. The standard InChI is InChI=1S/C20H25N3O3/c1-22-11-17(16-7-2-3-8-18(16)22)20(26)21-13-9-14-5-4-6-15(10-13)23(14)12-19(24)25/h2-3,7-8,11,13-15H,4-6,9-10,12H2,1H3,(H,21,26)(H,24,25)/t13?,14-,15+. The minimum atomic E-state index is -0.764. The maximum atomic E-state index is 12.9. The van der Waals surface area contributed by atoms with Gasteiger partial charge in [-0.2, -0.15) is 0 Å². The number of carboxylic acids is 1. The molecule has 0 aliphatic carbocycles. The van der Waals surface area contributed by atoms with E-state index < -0.39 is 5.97 Å². The number of aryl methyl sites for hydroxylation is 1. The van der Waals surface area contributed by atoms with Gasteiger partial charge in [0.05, 0.1) is 12.1 Å². The number of carboxylic acid groups (broad SMARTS) is 1. The van der Waals surface area contributed by atoms with Crippen LogP contribution in [0.1, 0.15) is 42.5 Å². The van der Waals surface area contributed by atoms with Crippen LogP contribution in [-0.2, 0) is 11.8 Å². The number of hydrogen-bond donors (Lipinski definition) is 2. The van der Waals surface area contributed by atoms with E-state index in [0.29, 0.717) is 5.56 Å². The van der Waals surface area contributed by atoms with Crippen LogP contribution in [0.25, 0.3) is 10.9 Å². The average molecular weight is 355 g/mol. The zero-order valence-electron chi connectivity index (χ0n) is 15.0. The molecule has 0 saturated carbocycles. The number of carbonyl (C=O) groups is 2. The Morgan fingerprint density at radius 2 is 1.88 bits per heavy atom. The SMILES string of the molecule is Cn1cc(C(=O)NC2C[C@H]3CCC[C@@H](C2)N3CC(=O)O)c2ccccc21. The summed E-state index contributed by atoms with van der Waals surface area (Å²) in [4.78, 5) is 26.2. The second-order valence-corrected chi connectivity index (χ2v) is 7.62. The summed E-state index contributed by atoms with van der Waals surface area (Å²) in [5, 5.41) is 13.4. The zero-order valence-corrected chi connectivity index (χ0v) is 15.0. The zero-order chi connectivity index (χ0) is 18.3. The normalized spacial score (nSPS) is 26.0. The highest BCUT2D eigenvalue weighted by atomic mass is 16.4. The summed E-state index contributed by atoms with van der Waals surface area (Å²) in [6.45, 7) is 0.110. The van der Waals surface area contributed by atoms with Crippen molar-refractivity contribution in [2.75, 3.05) is 6.54 Å². The Hall–Kier alpha value is -2.34. The summed E-state index contributed by atoms with van der Waals surface area (Å²) < 4.78 is 1.98. The van der Waals surface area contributed by atoms with Crippen molar-refractivity contribution in [3.63, 3.8) is 0 Å². The molecule has 2 fully saturated rings. The topological polar surface area (TPSA) is 74.6 Å². The third-order valence-corrected chi connectivity index (χ3v) is 5.92. The highest BCUT2D eigenvalue weighted by Gasteiger charge is 2.39. The Labute approximate surface area is 152 Å². The van der Waals surface area contributed by atoms with E-state index in [1.54, 1.807) is 0 Å². The van der Waals surface area contributed by atoms with E-state index >= 15 is 0 Å². The van der Waals surface area contributed by atoms with Gasteiger partial charge in [-0.05, 0) is 31.7 Å². The smallest absolute Gasteiger partial charge is 0.317 e. The van der Waals surface area contributed by atoms with Gasteiger partial charge in [0, 0.05) is 42.3 Å². The van der Waals surface area contributed by atoms with Crippen LogP contribution in [0, 0.1) is 0 Å². The second-order valence-electron chi connectivity index (χ2n) is 7.62. The molecule has 1 amide bonds. The van der Waals surface area contributed by atoms with Crippen LogP contribution in [0.3, 0.4) is 0 Å². The fraction of sp³-hybridized carbons (Fsp3) is 0.500. The van der Waals surface area contributed by atoms with Gasteiger partial charge in [-0.3, -0.25) is 14.5 Å². The van der Waals surface area contributed by atoms with Crippen LogP contribution >= 0.6 is 0 Å². The van der Waals surface area contributed by atoms with E-state index in [-0.39, 0.29) is 30.6 Å². The van der Waals surface area contributed by atoms with E-state index in [1.807, 2.05) is 42.1 Å². The van der Waals surface area contributed by atoms with Crippen molar-refractivity contribution in [1.29, 1.82) is 0 Å². The van der Waals surface area contributed by atoms with E-state index in [4.69, 9.17) is 0 Å². The number of carbonyl (C=O) groups excluding carboxylic acids is 1. The molecule has 26 heavy (non-hydrogen) atoms. The number of piperidine rings is 2. The number of para-hydroxylation sites is 1. The number of fused-ring (bicyclic) bond motifs is 3. The molecule has 6 heteroatoms. The third kappa shape index (κ3) is 3.09. The quantitative estimate of drug-likeness (QED) is 0.883. The number of hydrogen-bond acceptors (Lipinski definition) is 3.